The van der Waals surface area contributed by atoms with Crippen LogP contribution in [-0.2, 0) is 19.1 Å². The number of nitrogens with zero attached hydrogens (tertiary/aromatic N) is 1. The number of carbonyl (C=O) groups is 2. The van der Waals surface area contributed by atoms with Gasteiger partial charge in [0.2, 0.25) is 0 Å². The number of carbonyl (C=O) groups excluding carboxylic acids is 2. The molecule has 1 unspecified atom stereocenters. The SMILES string of the molecule is CCCCCCOC(=O)CC(C(=O)OCCCCCC)C(=S)N(C)S. The summed E-state index contributed by atoms with van der Waals surface area (Å²) in [6.07, 6.45) is 8.09. The zero-order valence-electron chi connectivity index (χ0n) is 15.8. The van der Waals surface area contributed by atoms with Crippen LogP contribution in [0.15, 0.2) is 0 Å². The predicted octanol–water partition coefficient (Wildman–Crippen LogP) is 4.34. The minimum Gasteiger partial charge on any atom is -0.466 e. The lowest BCUT2D eigenvalue weighted by molar-refractivity contribution is -0.153. The maximum Gasteiger partial charge on any atom is 0.316 e. The van der Waals surface area contributed by atoms with Crippen molar-refractivity contribution in [2.75, 3.05) is 20.3 Å². The van der Waals surface area contributed by atoms with Crippen molar-refractivity contribution < 1.29 is 19.1 Å². The predicted molar refractivity (Wildman–Crippen MR) is 108 cm³/mol. The first-order chi connectivity index (χ1) is 11.9. The highest BCUT2D eigenvalue weighted by Crippen LogP contribution is 2.15. The van der Waals surface area contributed by atoms with Crippen LogP contribution in [0.5, 0.6) is 0 Å². The first-order valence-corrected chi connectivity index (χ1v) is 10.0. The van der Waals surface area contributed by atoms with E-state index < -0.39 is 17.9 Å². The first-order valence-electron chi connectivity index (χ1n) is 9.22. The van der Waals surface area contributed by atoms with Crippen molar-refractivity contribution >= 4 is 42.0 Å². The number of hydrogen-bond acceptors (Lipinski definition) is 6. The topological polar surface area (TPSA) is 55.8 Å². The second kappa shape index (κ2) is 15.4. The van der Waals surface area contributed by atoms with Crippen LogP contribution in [0.1, 0.15) is 71.6 Å². The highest BCUT2D eigenvalue weighted by Gasteiger charge is 2.30. The fraction of sp³-hybridized carbons (Fsp3) is 0.833. The number of hydrogen-bond donors (Lipinski definition) is 1. The van der Waals surface area contributed by atoms with Gasteiger partial charge in [0.15, 0.2) is 0 Å². The molecule has 0 amide bonds. The Labute approximate surface area is 163 Å². The van der Waals surface area contributed by atoms with Gasteiger partial charge in [0.05, 0.1) is 19.6 Å². The Kier molecular flexibility index (Phi) is 14.9. The molecule has 1 atom stereocenters. The normalized spacial score (nSPS) is 11.7. The van der Waals surface area contributed by atoms with Crippen molar-refractivity contribution in [3.8, 4) is 0 Å². The van der Waals surface area contributed by atoms with Gasteiger partial charge in [-0.25, -0.2) is 0 Å². The molecule has 0 heterocycles. The molecular formula is C18H33NO4S2. The third kappa shape index (κ3) is 12.2. The van der Waals surface area contributed by atoms with E-state index in [1.54, 1.807) is 7.05 Å². The average Bonchev–Trinajstić information content (AvgIpc) is 2.58. The molecule has 0 fully saturated rings. The van der Waals surface area contributed by atoms with E-state index >= 15 is 0 Å². The van der Waals surface area contributed by atoms with E-state index in [-0.39, 0.29) is 11.4 Å². The molecule has 0 radical (unpaired) electrons. The Hall–Kier alpha value is -0.820. The van der Waals surface area contributed by atoms with Crippen molar-refractivity contribution in [3.63, 3.8) is 0 Å². The van der Waals surface area contributed by atoms with Gasteiger partial charge >= 0.3 is 11.9 Å². The maximum absolute atomic E-state index is 12.3. The Bertz CT molecular complexity index is 403. The van der Waals surface area contributed by atoms with Gasteiger partial charge in [0.1, 0.15) is 10.9 Å². The summed E-state index contributed by atoms with van der Waals surface area (Å²) in [7, 11) is 1.63. The number of rotatable bonds is 14. The summed E-state index contributed by atoms with van der Waals surface area (Å²) in [5.41, 5.74) is 0. The van der Waals surface area contributed by atoms with Crippen LogP contribution in [0.2, 0.25) is 0 Å². The van der Waals surface area contributed by atoms with Crippen molar-refractivity contribution in [1.29, 1.82) is 0 Å². The van der Waals surface area contributed by atoms with Crippen LogP contribution in [0.25, 0.3) is 0 Å². The van der Waals surface area contributed by atoms with Crippen LogP contribution >= 0.6 is 25.0 Å². The molecular weight excluding hydrogens is 358 g/mol. The Morgan fingerprint density at radius 3 is 1.96 bits per heavy atom. The molecule has 0 aromatic heterocycles. The molecule has 0 bridgehead atoms. The molecule has 0 saturated heterocycles. The van der Waals surface area contributed by atoms with E-state index in [9.17, 15) is 9.59 Å². The zero-order chi connectivity index (χ0) is 19.1. The summed E-state index contributed by atoms with van der Waals surface area (Å²) in [4.78, 5) is 24.6. The number of thiocarbonyl (C=S) groups is 1. The van der Waals surface area contributed by atoms with Gasteiger partial charge in [0.25, 0.3) is 0 Å². The van der Waals surface area contributed by atoms with E-state index in [1.807, 2.05) is 0 Å². The molecule has 0 aliphatic heterocycles. The van der Waals surface area contributed by atoms with Crippen LogP contribution in [0.4, 0.5) is 0 Å². The highest BCUT2D eigenvalue weighted by molar-refractivity contribution is 7.84. The van der Waals surface area contributed by atoms with Crippen LogP contribution in [0.3, 0.4) is 0 Å². The lowest BCUT2D eigenvalue weighted by Gasteiger charge is -2.20. The number of esters is 2. The Balaban J connectivity index is 4.39. The van der Waals surface area contributed by atoms with Gasteiger partial charge in [-0.1, -0.05) is 77.4 Å². The van der Waals surface area contributed by atoms with Crippen molar-refractivity contribution in [2.45, 2.75) is 71.6 Å². The molecule has 0 aliphatic carbocycles. The second-order valence-corrected chi connectivity index (χ2v) is 7.15. The maximum atomic E-state index is 12.3. The fourth-order valence-electron chi connectivity index (χ4n) is 2.24. The number of unbranched alkanes of at least 4 members (excludes halogenated alkanes) is 6. The molecule has 0 rings (SSSR count). The third-order valence-electron chi connectivity index (χ3n) is 3.78. The lowest BCUT2D eigenvalue weighted by atomic mass is 10.1. The quantitative estimate of drug-likeness (QED) is 0.206. The summed E-state index contributed by atoms with van der Waals surface area (Å²) in [6, 6.07) is 0. The smallest absolute Gasteiger partial charge is 0.316 e. The second-order valence-electron chi connectivity index (χ2n) is 6.13. The number of ether oxygens (including phenoxy) is 2. The molecule has 0 aromatic carbocycles. The van der Waals surface area contributed by atoms with E-state index in [1.165, 1.54) is 4.31 Å². The monoisotopic (exact) mass is 391 g/mol. The molecule has 0 aromatic rings. The minimum atomic E-state index is -0.827. The van der Waals surface area contributed by atoms with Crippen LogP contribution < -0.4 is 0 Å². The molecule has 0 aliphatic rings. The summed E-state index contributed by atoms with van der Waals surface area (Å²) in [5, 5.41) is 0. The lowest BCUT2D eigenvalue weighted by Crippen LogP contribution is -2.34. The molecule has 5 nitrogen and oxygen atoms in total. The molecule has 0 N–H and O–H groups in total. The van der Waals surface area contributed by atoms with Gasteiger partial charge < -0.3 is 13.8 Å². The van der Waals surface area contributed by atoms with Crippen molar-refractivity contribution in [2.24, 2.45) is 5.92 Å². The van der Waals surface area contributed by atoms with Gasteiger partial charge in [0, 0.05) is 7.05 Å². The largest absolute Gasteiger partial charge is 0.466 e. The molecule has 0 saturated carbocycles. The average molecular weight is 392 g/mol. The van der Waals surface area contributed by atoms with E-state index in [2.05, 4.69) is 26.7 Å². The van der Waals surface area contributed by atoms with Gasteiger partial charge in [-0.2, -0.15) is 0 Å². The zero-order valence-corrected chi connectivity index (χ0v) is 17.5. The van der Waals surface area contributed by atoms with E-state index in [4.69, 9.17) is 21.7 Å². The van der Waals surface area contributed by atoms with Crippen molar-refractivity contribution in [3.05, 3.63) is 0 Å². The third-order valence-corrected chi connectivity index (χ3v) is 4.68. The fourth-order valence-corrected chi connectivity index (χ4v) is 2.56. The Morgan fingerprint density at radius 2 is 1.48 bits per heavy atom. The Morgan fingerprint density at radius 1 is 0.960 bits per heavy atom. The molecule has 0 spiro atoms. The van der Waals surface area contributed by atoms with E-state index in [0.29, 0.717) is 13.2 Å². The summed E-state index contributed by atoms with van der Waals surface area (Å²) in [6.45, 7) is 4.97. The van der Waals surface area contributed by atoms with Gasteiger partial charge in [-0.15, -0.1) is 0 Å². The molecule has 7 heteroatoms. The molecule has 146 valence electrons. The summed E-state index contributed by atoms with van der Waals surface area (Å²) < 4.78 is 11.9. The summed E-state index contributed by atoms with van der Waals surface area (Å²) >= 11 is 9.35. The van der Waals surface area contributed by atoms with Gasteiger partial charge in [-0.05, 0) is 12.8 Å². The standard InChI is InChI=1S/C18H33NO4S2/c1-4-6-8-10-12-22-16(20)14-15(17(24)19(3)25)18(21)23-13-11-9-7-5-2/h15,25H,4-14H2,1-3H3. The highest BCUT2D eigenvalue weighted by atomic mass is 32.1. The van der Waals surface area contributed by atoms with E-state index in [0.717, 1.165) is 51.4 Å². The van der Waals surface area contributed by atoms with Crippen molar-refractivity contribution in [1.82, 2.24) is 4.31 Å². The summed E-state index contributed by atoms with van der Waals surface area (Å²) in [5.74, 6) is -1.74. The van der Waals surface area contributed by atoms with Crippen LogP contribution in [0, 0.1) is 5.92 Å². The first kappa shape index (κ1) is 24.2. The van der Waals surface area contributed by atoms with Crippen LogP contribution in [-0.4, -0.2) is 41.5 Å². The molecule has 25 heavy (non-hydrogen) atoms. The number of thiol groups is 1. The minimum absolute atomic E-state index is 0.106. The van der Waals surface area contributed by atoms with Gasteiger partial charge in [-0.3, -0.25) is 9.59 Å².